The Morgan fingerprint density at radius 3 is 2.66 bits per heavy atom. The maximum atomic E-state index is 13.0. The lowest BCUT2D eigenvalue weighted by Crippen LogP contribution is -2.52. The molecule has 0 spiro atoms. The number of allylic oxidation sites excluding steroid dienone is 1. The Hall–Kier alpha value is -3.53. The van der Waals surface area contributed by atoms with Crippen molar-refractivity contribution in [3.05, 3.63) is 59.8 Å². The molecule has 1 aliphatic rings. The molecule has 11 heteroatoms. The van der Waals surface area contributed by atoms with Crippen LogP contribution in [0.3, 0.4) is 0 Å². The van der Waals surface area contributed by atoms with Gasteiger partial charge in [0.1, 0.15) is 11.8 Å². The van der Waals surface area contributed by atoms with E-state index in [2.05, 4.69) is 15.4 Å². The summed E-state index contributed by atoms with van der Waals surface area (Å²) in [6.07, 6.45) is 1.21. The molecule has 7 nitrogen and oxygen atoms in total. The molecule has 3 N–H and O–H groups in total. The fourth-order valence-corrected chi connectivity index (χ4v) is 4.09. The molecule has 2 amide bonds. The van der Waals surface area contributed by atoms with Crippen LogP contribution in [0.25, 0.3) is 11.1 Å². The fraction of sp³-hybridized carbons (Fsp3) is 0.292. The number of carbonyl (C=O) groups excluding carboxylic acids is 2. The second-order valence-electron chi connectivity index (χ2n) is 7.73. The van der Waals surface area contributed by atoms with E-state index in [1.165, 1.54) is 53.6 Å². The van der Waals surface area contributed by atoms with Gasteiger partial charge in [0, 0.05) is 29.6 Å². The van der Waals surface area contributed by atoms with Crippen molar-refractivity contribution < 1.29 is 27.5 Å². The minimum atomic E-state index is -4.86. The Kier molecular flexibility index (Phi) is 8.75. The summed E-state index contributed by atoms with van der Waals surface area (Å²) in [6, 6.07) is 9.44. The van der Waals surface area contributed by atoms with E-state index in [9.17, 15) is 22.8 Å². The van der Waals surface area contributed by atoms with Gasteiger partial charge in [0.15, 0.2) is 0 Å². The number of para-hydroxylation sites is 1. The van der Waals surface area contributed by atoms with Gasteiger partial charge in [-0.05, 0) is 49.7 Å². The van der Waals surface area contributed by atoms with Crippen LogP contribution in [0.2, 0.25) is 5.02 Å². The third kappa shape index (κ3) is 7.22. The topological polar surface area (TPSA) is 94.5 Å². The van der Waals surface area contributed by atoms with Gasteiger partial charge in [-0.15, -0.1) is 13.2 Å². The van der Waals surface area contributed by atoms with Gasteiger partial charge in [-0.2, -0.15) is 0 Å². The van der Waals surface area contributed by atoms with Gasteiger partial charge in [-0.3, -0.25) is 9.59 Å². The van der Waals surface area contributed by atoms with Crippen molar-refractivity contribution in [3.8, 4) is 16.9 Å². The van der Waals surface area contributed by atoms with Gasteiger partial charge < -0.3 is 25.7 Å². The van der Waals surface area contributed by atoms with Crippen LogP contribution in [0, 0.1) is 5.41 Å². The molecule has 1 heterocycles. The van der Waals surface area contributed by atoms with E-state index in [0.717, 1.165) is 19.1 Å². The summed E-state index contributed by atoms with van der Waals surface area (Å²) in [5.74, 6) is -1.01. The van der Waals surface area contributed by atoms with Crippen LogP contribution in [0.1, 0.15) is 19.3 Å². The number of likely N-dealkylation sites (tertiary alicyclic amines) is 1. The van der Waals surface area contributed by atoms with Crippen molar-refractivity contribution in [2.24, 2.45) is 0 Å². The van der Waals surface area contributed by atoms with Gasteiger partial charge in [0.2, 0.25) is 11.8 Å². The van der Waals surface area contributed by atoms with Crippen LogP contribution in [-0.2, 0) is 9.59 Å². The molecule has 0 unspecified atom stereocenters. The van der Waals surface area contributed by atoms with Crippen LogP contribution < -0.4 is 15.4 Å². The maximum Gasteiger partial charge on any atom is 0.573 e. The third-order valence-electron chi connectivity index (χ3n) is 5.33. The van der Waals surface area contributed by atoms with E-state index < -0.39 is 12.4 Å². The summed E-state index contributed by atoms with van der Waals surface area (Å²) >= 11 is 6.36. The first-order chi connectivity index (χ1) is 16.7. The first-order valence-corrected chi connectivity index (χ1v) is 11.2. The molecule has 186 valence electrons. The molecular weight excluding hydrogens is 485 g/mol. The smallest absolute Gasteiger partial charge is 0.405 e. The highest BCUT2D eigenvalue weighted by Gasteiger charge is 2.33. The molecule has 0 aromatic heterocycles. The number of anilines is 1. The summed E-state index contributed by atoms with van der Waals surface area (Å²) in [5.41, 5.74) is 0.812. The molecule has 1 aliphatic heterocycles. The minimum Gasteiger partial charge on any atom is -0.405 e. The largest absolute Gasteiger partial charge is 0.573 e. The van der Waals surface area contributed by atoms with E-state index in [4.69, 9.17) is 17.0 Å². The molecule has 1 fully saturated rings. The van der Waals surface area contributed by atoms with Crippen LogP contribution in [0.4, 0.5) is 18.9 Å². The summed E-state index contributed by atoms with van der Waals surface area (Å²) in [6.45, 7) is 0.441. The number of carbonyl (C=O) groups is 2. The van der Waals surface area contributed by atoms with Crippen molar-refractivity contribution in [2.75, 3.05) is 18.4 Å². The fourth-order valence-electron chi connectivity index (χ4n) is 3.81. The summed E-state index contributed by atoms with van der Waals surface area (Å²) in [4.78, 5) is 27.1. The first-order valence-electron chi connectivity index (χ1n) is 10.8. The van der Waals surface area contributed by atoms with E-state index in [1.54, 1.807) is 6.07 Å². The SMILES string of the molecule is N=C/C=C\NCC(=O)N1CCCC[C@@H]1C(=O)Nc1ccc(-c2ccccc2OC(F)(F)F)c(Cl)c1. The zero-order chi connectivity index (χ0) is 25.4. The van der Waals surface area contributed by atoms with Crippen LogP contribution >= 0.6 is 11.6 Å². The number of ether oxygens (including phenoxy) is 1. The molecule has 0 bridgehead atoms. The lowest BCUT2D eigenvalue weighted by Gasteiger charge is -2.34. The average Bonchev–Trinajstić information content (AvgIpc) is 2.81. The van der Waals surface area contributed by atoms with E-state index >= 15 is 0 Å². The number of nitrogens with one attached hydrogen (secondary N) is 3. The normalized spacial score (nSPS) is 16.1. The van der Waals surface area contributed by atoms with Crippen LogP contribution in [0.15, 0.2) is 54.7 Å². The summed E-state index contributed by atoms with van der Waals surface area (Å²) in [5, 5.41) is 12.6. The van der Waals surface area contributed by atoms with Crippen LogP contribution in [-0.4, -0.2) is 48.4 Å². The van der Waals surface area contributed by atoms with Crippen LogP contribution in [0.5, 0.6) is 5.75 Å². The van der Waals surface area contributed by atoms with Gasteiger partial charge in [-0.1, -0.05) is 35.9 Å². The maximum absolute atomic E-state index is 13.0. The lowest BCUT2D eigenvalue weighted by molar-refractivity contribution is -0.274. The van der Waals surface area contributed by atoms with Crippen molar-refractivity contribution in [2.45, 2.75) is 31.7 Å². The van der Waals surface area contributed by atoms with Crippen molar-refractivity contribution in [3.63, 3.8) is 0 Å². The van der Waals surface area contributed by atoms with E-state index in [0.29, 0.717) is 24.2 Å². The Balaban J connectivity index is 1.73. The second-order valence-corrected chi connectivity index (χ2v) is 8.14. The molecule has 0 aliphatic carbocycles. The number of hydrogen-bond donors (Lipinski definition) is 3. The monoisotopic (exact) mass is 508 g/mol. The van der Waals surface area contributed by atoms with Crippen molar-refractivity contribution in [1.82, 2.24) is 10.2 Å². The predicted octanol–water partition coefficient (Wildman–Crippen LogP) is 4.98. The first kappa shape index (κ1) is 26.1. The average molecular weight is 509 g/mol. The molecule has 2 aromatic carbocycles. The predicted molar refractivity (Wildman–Crippen MR) is 127 cm³/mol. The lowest BCUT2D eigenvalue weighted by atomic mass is 10.0. The summed E-state index contributed by atoms with van der Waals surface area (Å²) < 4.78 is 42.4. The third-order valence-corrected chi connectivity index (χ3v) is 5.64. The number of halogens is 4. The zero-order valence-electron chi connectivity index (χ0n) is 18.6. The molecule has 35 heavy (non-hydrogen) atoms. The van der Waals surface area contributed by atoms with Gasteiger partial charge in [-0.25, -0.2) is 0 Å². The van der Waals surface area contributed by atoms with E-state index in [1.807, 2.05) is 0 Å². The van der Waals surface area contributed by atoms with Gasteiger partial charge in [0.05, 0.1) is 11.6 Å². The highest BCUT2D eigenvalue weighted by atomic mass is 35.5. The second kappa shape index (κ2) is 11.7. The standard InChI is InChI=1S/C24H24ClF3N4O3/c25-19-14-16(9-10-17(19)18-6-1-2-8-21(18)35-24(26,27)28)31-23(34)20-7-3-4-13-32(20)22(33)15-30-12-5-11-29/h1-2,5-6,8-12,14,20,29-30H,3-4,7,13,15H2,(H,31,34)/b12-5-,29-11?/t20-/m1/s1. The van der Waals surface area contributed by atoms with Gasteiger partial charge in [0.25, 0.3) is 0 Å². The Labute approximate surface area is 205 Å². The number of benzene rings is 2. The number of alkyl halides is 3. The molecule has 1 atom stereocenters. The Morgan fingerprint density at radius 2 is 1.94 bits per heavy atom. The highest BCUT2D eigenvalue weighted by molar-refractivity contribution is 6.33. The Bertz CT molecular complexity index is 1110. The molecule has 3 rings (SSSR count). The number of hydrogen-bond acceptors (Lipinski definition) is 5. The van der Waals surface area contributed by atoms with E-state index in [-0.39, 0.29) is 34.7 Å². The van der Waals surface area contributed by atoms with Crippen molar-refractivity contribution in [1.29, 1.82) is 5.41 Å². The summed E-state index contributed by atoms with van der Waals surface area (Å²) in [7, 11) is 0. The zero-order valence-corrected chi connectivity index (χ0v) is 19.3. The molecule has 0 saturated carbocycles. The number of amides is 2. The molecular formula is C24H24ClF3N4O3. The molecule has 0 radical (unpaired) electrons. The number of nitrogens with zero attached hydrogens (tertiary/aromatic N) is 1. The number of piperidine rings is 1. The molecule has 1 saturated heterocycles. The van der Waals surface area contributed by atoms with Crippen molar-refractivity contribution >= 4 is 35.3 Å². The Morgan fingerprint density at radius 1 is 1.17 bits per heavy atom. The minimum absolute atomic E-state index is 0.00590. The molecule has 2 aromatic rings. The highest BCUT2D eigenvalue weighted by Crippen LogP contribution is 2.38. The quantitative estimate of drug-likeness (QED) is 0.438. The number of rotatable bonds is 8. The van der Waals surface area contributed by atoms with Gasteiger partial charge >= 0.3 is 6.36 Å².